The molecular formula is C14H17F2N5O. The topological polar surface area (TPSA) is 94.2 Å². The van der Waals surface area contributed by atoms with Crippen LogP contribution in [0.1, 0.15) is 24.2 Å². The van der Waals surface area contributed by atoms with Gasteiger partial charge in [-0.25, -0.2) is 13.8 Å². The highest BCUT2D eigenvalue weighted by Crippen LogP contribution is 2.40. The van der Waals surface area contributed by atoms with E-state index < -0.39 is 5.92 Å². The lowest BCUT2D eigenvalue weighted by Gasteiger charge is -2.20. The van der Waals surface area contributed by atoms with Crippen LogP contribution in [0.3, 0.4) is 0 Å². The Kier molecular flexibility index (Phi) is 2.81. The molecule has 8 heteroatoms. The number of rotatable bonds is 1. The predicted octanol–water partition coefficient (Wildman–Crippen LogP) is 1.47. The molecule has 0 spiro atoms. The van der Waals surface area contributed by atoms with Gasteiger partial charge >= 0.3 is 0 Å². The van der Waals surface area contributed by atoms with E-state index in [1.54, 1.807) is 0 Å². The lowest BCUT2D eigenvalue weighted by atomic mass is 9.94. The van der Waals surface area contributed by atoms with Crippen LogP contribution < -0.4 is 16.4 Å². The van der Waals surface area contributed by atoms with Gasteiger partial charge in [-0.3, -0.25) is 0 Å². The number of aryl methyl sites for hydroxylation is 1. The van der Waals surface area contributed by atoms with Crippen LogP contribution in [0.15, 0.2) is 4.42 Å². The van der Waals surface area contributed by atoms with Crippen molar-refractivity contribution < 1.29 is 13.2 Å². The summed E-state index contributed by atoms with van der Waals surface area (Å²) in [4.78, 5) is 10.4. The summed E-state index contributed by atoms with van der Waals surface area (Å²) in [5.41, 5.74) is 13.0. The van der Waals surface area contributed by atoms with Crippen LogP contribution in [0, 0.1) is 0 Å². The van der Waals surface area contributed by atoms with E-state index in [-0.39, 0.29) is 31.3 Å². The second kappa shape index (κ2) is 4.52. The molecule has 0 unspecified atom stereocenters. The number of aromatic nitrogens is 2. The number of nitrogen functional groups attached to an aromatic ring is 1. The Morgan fingerprint density at radius 1 is 1.32 bits per heavy atom. The molecule has 118 valence electrons. The van der Waals surface area contributed by atoms with Gasteiger partial charge in [-0.2, -0.15) is 4.98 Å². The fraction of sp³-hybridized carbons (Fsp3) is 0.571. The van der Waals surface area contributed by atoms with Crippen LogP contribution in [-0.4, -0.2) is 35.0 Å². The average Bonchev–Trinajstić information content (AvgIpc) is 3.01. The minimum absolute atomic E-state index is 0.0696. The van der Waals surface area contributed by atoms with Gasteiger partial charge in [0.05, 0.1) is 0 Å². The first-order valence-corrected chi connectivity index (χ1v) is 7.39. The summed E-state index contributed by atoms with van der Waals surface area (Å²) < 4.78 is 33.2. The largest absolute Gasteiger partial charge is 0.455 e. The number of furan rings is 1. The van der Waals surface area contributed by atoms with Gasteiger partial charge in [0.2, 0.25) is 5.95 Å². The Labute approximate surface area is 125 Å². The molecule has 0 bridgehead atoms. The lowest BCUT2D eigenvalue weighted by molar-refractivity contribution is -0.0140. The Hall–Kier alpha value is -1.96. The molecule has 2 aromatic heterocycles. The van der Waals surface area contributed by atoms with Crippen molar-refractivity contribution in [2.45, 2.75) is 37.6 Å². The van der Waals surface area contributed by atoms with Gasteiger partial charge in [0, 0.05) is 44.0 Å². The van der Waals surface area contributed by atoms with Crippen molar-refractivity contribution in [3.05, 3.63) is 11.3 Å². The van der Waals surface area contributed by atoms with Crippen molar-refractivity contribution in [2.75, 3.05) is 23.7 Å². The summed E-state index contributed by atoms with van der Waals surface area (Å²) in [6.07, 6.45) is 0.499. The first-order chi connectivity index (χ1) is 10.4. The van der Waals surface area contributed by atoms with Crippen molar-refractivity contribution in [3.63, 3.8) is 0 Å². The number of fused-ring (bicyclic) bond motifs is 3. The number of halogens is 2. The van der Waals surface area contributed by atoms with Crippen LogP contribution in [0.5, 0.6) is 0 Å². The number of hydrogen-bond acceptors (Lipinski definition) is 6. The molecule has 4 N–H and O–H groups in total. The van der Waals surface area contributed by atoms with Crippen molar-refractivity contribution in [1.82, 2.24) is 9.97 Å². The zero-order chi connectivity index (χ0) is 15.5. The quantitative estimate of drug-likeness (QED) is 0.828. The molecule has 0 saturated carbocycles. The fourth-order valence-corrected chi connectivity index (χ4v) is 3.29. The van der Waals surface area contributed by atoms with Gasteiger partial charge < -0.3 is 20.8 Å². The van der Waals surface area contributed by atoms with E-state index in [1.807, 2.05) is 4.90 Å². The van der Waals surface area contributed by atoms with Gasteiger partial charge in [-0.1, -0.05) is 0 Å². The average molecular weight is 309 g/mol. The van der Waals surface area contributed by atoms with Crippen LogP contribution in [-0.2, 0) is 12.8 Å². The van der Waals surface area contributed by atoms with Crippen LogP contribution in [0.2, 0.25) is 0 Å². The number of anilines is 2. The summed E-state index contributed by atoms with van der Waals surface area (Å²) >= 11 is 0. The number of hydrogen-bond donors (Lipinski definition) is 2. The van der Waals surface area contributed by atoms with E-state index in [2.05, 4.69) is 9.97 Å². The number of alkyl halides is 2. The van der Waals surface area contributed by atoms with E-state index in [9.17, 15) is 8.78 Å². The standard InChI is InChI=1S/C14H17F2N5O/c15-14(16)3-1-9-8(5-14)10-11(22-9)12(20-13(18)19-10)21-4-2-7(17)6-21/h7H,1-6,17H2,(H2,18,19,20)/t7-/m1/s1. The van der Waals surface area contributed by atoms with Crippen LogP contribution >= 0.6 is 0 Å². The SMILES string of the molecule is Nc1nc(N2CC[C@@H](N)C2)c2oc3c(c2n1)CC(F)(F)CC3. The maximum atomic E-state index is 13.7. The molecule has 1 atom stereocenters. The molecule has 1 aliphatic heterocycles. The molecule has 3 heterocycles. The summed E-state index contributed by atoms with van der Waals surface area (Å²) in [6.45, 7) is 1.39. The lowest BCUT2D eigenvalue weighted by Crippen LogP contribution is -2.27. The molecule has 0 amide bonds. The third-order valence-corrected chi connectivity index (χ3v) is 4.39. The highest BCUT2D eigenvalue weighted by molar-refractivity contribution is 5.89. The van der Waals surface area contributed by atoms with Gasteiger partial charge in [0.25, 0.3) is 5.92 Å². The minimum atomic E-state index is -2.72. The molecule has 6 nitrogen and oxygen atoms in total. The molecular weight excluding hydrogens is 292 g/mol. The summed E-state index contributed by atoms with van der Waals surface area (Å²) in [5, 5.41) is 0. The van der Waals surface area contributed by atoms with Crippen LogP contribution in [0.4, 0.5) is 20.5 Å². The zero-order valence-electron chi connectivity index (χ0n) is 12.0. The molecule has 2 aromatic rings. The van der Waals surface area contributed by atoms with E-state index >= 15 is 0 Å². The molecule has 4 rings (SSSR count). The Bertz CT molecular complexity index is 744. The molecule has 22 heavy (non-hydrogen) atoms. The van der Waals surface area contributed by atoms with Crippen molar-refractivity contribution in [3.8, 4) is 0 Å². The van der Waals surface area contributed by atoms with Gasteiger partial charge in [-0.15, -0.1) is 0 Å². The second-order valence-corrected chi connectivity index (χ2v) is 6.11. The van der Waals surface area contributed by atoms with Crippen molar-refractivity contribution in [1.29, 1.82) is 0 Å². The maximum absolute atomic E-state index is 13.7. The van der Waals surface area contributed by atoms with E-state index in [0.29, 0.717) is 34.8 Å². The number of nitrogens with zero attached hydrogens (tertiary/aromatic N) is 3. The van der Waals surface area contributed by atoms with E-state index in [0.717, 1.165) is 13.0 Å². The molecule has 0 aromatic carbocycles. The molecule has 1 saturated heterocycles. The van der Waals surface area contributed by atoms with Crippen molar-refractivity contribution >= 4 is 22.9 Å². The van der Waals surface area contributed by atoms with E-state index in [1.165, 1.54) is 0 Å². The van der Waals surface area contributed by atoms with E-state index in [4.69, 9.17) is 15.9 Å². The summed E-state index contributed by atoms with van der Waals surface area (Å²) in [5.74, 6) is -1.51. The fourth-order valence-electron chi connectivity index (χ4n) is 3.29. The summed E-state index contributed by atoms with van der Waals surface area (Å²) in [7, 11) is 0. The monoisotopic (exact) mass is 309 g/mol. The van der Waals surface area contributed by atoms with Gasteiger partial charge in [0.15, 0.2) is 11.4 Å². The smallest absolute Gasteiger partial charge is 0.252 e. The first kappa shape index (κ1) is 13.7. The van der Waals surface area contributed by atoms with Crippen molar-refractivity contribution in [2.24, 2.45) is 5.73 Å². The maximum Gasteiger partial charge on any atom is 0.252 e. The highest BCUT2D eigenvalue weighted by Gasteiger charge is 2.38. The Morgan fingerprint density at radius 3 is 2.86 bits per heavy atom. The van der Waals surface area contributed by atoms with Gasteiger partial charge in [0.1, 0.15) is 11.3 Å². The Morgan fingerprint density at radius 2 is 2.14 bits per heavy atom. The molecule has 0 radical (unpaired) electrons. The highest BCUT2D eigenvalue weighted by atomic mass is 19.3. The molecule has 1 fully saturated rings. The Balaban J connectivity index is 1.87. The second-order valence-electron chi connectivity index (χ2n) is 6.11. The summed E-state index contributed by atoms with van der Waals surface area (Å²) in [6, 6.07) is 0.0696. The number of nitrogens with two attached hydrogens (primary N) is 2. The third-order valence-electron chi connectivity index (χ3n) is 4.39. The predicted molar refractivity (Wildman–Crippen MR) is 78.0 cm³/mol. The minimum Gasteiger partial charge on any atom is -0.455 e. The molecule has 1 aliphatic carbocycles. The first-order valence-electron chi connectivity index (χ1n) is 7.39. The zero-order valence-corrected chi connectivity index (χ0v) is 12.0. The third kappa shape index (κ3) is 2.09. The normalized spacial score (nSPS) is 24.0. The van der Waals surface area contributed by atoms with Crippen LogP contribution in [0.25, 0.3) is 11.1 Å². The van der Waals surface area contributed by atoms with Gasteiger partial charge in [-0.05, 0) is 6.42 Å². The molecule has 2 aliphatic rings.